The van der Waals surface area contributed by atoms with Gasteiger partial charge in [0.25, 0.3) is 5.56 Å². The molecule has 3 N–H and O–H groups in total. The van der Waals surface area contributed by atoms with Crippen LogP contribution in [0.3, 0.4) is 0 Å². The van der Waals surface area contributed by atoms with Crippen molar-refractivity contribution in [1.82, 2.24) is 9.97 Å². The van der Waals surface area contributed by atoms with E-state index in [1.165, 1.54) is 6.07 Å². The smallest absolute Gasteiger partial charge is 0.261 e. The number of ether oxygens (including phenoxy) is 1. The molecule has 2 aliphatic carbocycles. The second kappa shape index (κ2) is 9.83. The van der Waals surface area contributed by atoms with Crippen LogP contribution in [0.5, 0.6) is 0 Å². The van der Waals surface area contributed by atoms with Crippen LogP contribution in [0.25, 0.3) is 10.9 Å². The Bertz CT molecular complexity index is 971. The number of aliphatic hydroxyl groups is 1. The van der Waals surface area contributed by atoms with E-state index in [4.69, 9.17) is 4.74 Å². The first-order valence-electron chi connectivity index (χ1n) is 10.9. The van der Waals surface area contributed by atoms with Gasteiger partial charge < -0.3 is 20.1 Å². The van der Waals surface area contributed by atoms with Gasteiger partial charge in [0.05, 0.1) is 29.2 Å². The van der Waals surface area contributed by atoms with Crippen molar-refractivity contribution < 1.29 is 18.6 Å². The molecule has 1 aromatic carbocycles. The minimum atomic E-state index is -1.17. The van der Waals surface area contributed by atoms with Gasteiger partial charge in [-0.1, -0.05) is 0 Å². The molecule has 0 aliphatic heterocycles. The average Bonchev–Trinajstić information content (AvgIpc) is 2.77. The van der Waals surface area contributed by atoms with Crippen molar-refractivity contribution in [3.8, 4) is 0 Å². The second-order valence-corrected chi connectivity index (χ2v) is 9.84. The van der Waals surface area contributed by atoms with Crippen molar-refractivity contribution in [2.45, 2.75) is 80.6 Å². The Balaban J connectivity index is 1.52. The Morgan fingerprint density at radius 1 is 1.16 bits per heavy atom. The van der Waals surface area contributed by atoms with E-state index in [1.54, 1.807) is 18.9 Å². The lowest BCUT2D eigenvalue weighted by molar-refractivity contribution is 0.0681. The summed E-state index contributed by atoms with van der Waals surface area (Å²) in [5.41, 5.74) is -0.461. The molecule has 4 rings (SSSR count). The summed E-state index contributed by atoms with van der Waals surface area (Å²) in [6.45, 7) is 0. The van der Waals surface area contributed by atoms with Gasteiger partial charge in [0.1, 0.15) is 11.2 Å². The van der Waals surface area contributed by atoms with Crippen molar-refractivity contribution in [2.24, 2.45) is 0 Å². The topological polar surface area (TPSA) is 87.2 Å². The number of halogens is 2. The van der Waals surface area contributed by atoms with E-state index >= 15 is 0 Å². The summed E-state index contributed by atoms with van der Waals surface area (Å²) >= 11 is 1.67. The van der Waals surface area contributed by atoms with Gasteiger partial charge in [0.15, 0.2) is 11.6 Å². The Hall–Kier alpha value is -1.71. The predicted molar refractivity (Wildman–Crippen MR) is 119 cm³/mol. The van der Waals surface area contributed by atoms with Crippen LogP contribution in [0, 0.1) is 11.6 Å². The summed E-state index contributed by atoms with van der Waals surface area (Å²) < 4.78 is 34.7. The van der Waals surface area contributed by atoms with Gasteiger partial charge in [0.2, 0.25) is 0 Å². The largest absolute Gasteiger partial charge is 0.393 e. The summed E-state index contributed by atoms with van der Waals surface area (Å²) in [7, 11) is 1.69. The number of aromatic nitrogens is 2. The van der Waals surface area contributed by atoms with Crippen LogP contribution >= 0.6 is 11.8 Å². The molecule has 6 nitrogen and oxygen atoms in total. The Morgan fingerprint density at radius 2 is 1.87 bits per heavy atom. The van der Waals surface area contributed by atoms with Crippen LogP contribution in [0.2, 0.25) is 0 Å². The summed E-state index contributed by atoms with van der Waals surface area (Å²) in [6.07, 6.45) is 6.73. The molecule has 0 bridgehead atoms. The lowest BCUT2D eigenvalue weighted by Gasteiger charge is -2.29. The molecule has 0 atom stereocenters. The van der Waals surface area contributed by atoms with Gasteiger partial charge in [-0.3, -0.25) is 4.79 Å². The molecule has 0 amide bonds. The third-order valence-corrected chi connectivity index (χ3v) is 7.78. The lowest BCUT2D eigenvalue weighted by atomic mass is 9.92. The maximum Gasteiger partial charge on any atom is 0.261 e. The third-order valence-electron chi connectivity index (χ3n) is 6.39. The Labute approximate surface area is 184 Å². The van der Waals surface area contributed by atoms with E-state index in [2.05, 4.69) is 15.3 Å². The second-order valence-electron chi connectivity index (χ2n) is 8.55. The number of methoxy groups -OCH3 is 1. The van der Waals surface area contributed by atoms with Gasteiger partial charge in [-0.15, -0.1) is 0 Å². The van der Waals surface area contributed by atoms with Gasteiger partial charge in [-0.05, 0) is 57.4 Å². The maximum atomic E-state index is 14.7. The van der Waals surface area contributed by atoms with Crippen LogP contribution in [0.1, 0.15) is 57.2 Å². The molecule has 9 heteroatoms. The molecular formula is C22H29F2N3O3S. The fourth-order valence-corrected chi connectivity index (χ4v) is 5.66. The summed E-state index contributed by atoms with van der Waals surface area (Å²) in [6, 6.07) is 1.47. The number of hydrogen-bond donors (Lipinski definition) is 3. The molecule has 2 aromatic rings. The highest BCUT2D eigenvalue weighted by atomic mass is 32.2. The first-order valence-corrected chi connectivity index (χ1v) is 12.0. The van der Waals surface area contributed by atoms with Crippen LogP contribution in [-0.4, -0.2) is 45.7 Å². The van der Waals surface area contributed by atoms with E-state index in [0.717, 1.165) is 51.4 Å². The SMILES string of the molecule is CO[C@H]1CC[C@@H](Nc2cc3nc(CS[C@H]4CC[C@H](O)CC4)[nH]c(=O)c3c(F)c2F)CC1. The van der Waals surface area contributed by atoms with Gasteiger partial charge in [-0.2, -0.15) is 11.8 Å². The van der Waals surface area contributed by atoms with Crippen LogP contribution in [-0.2, 0) is 10.5 Å². The Morgan fingerprint density at radius 3 is 2.55 bits per heavy atom. The first kappa shape index (κ1) is 22.5. The quantitative estimate of drug-likeness (QED) is 0.610. The summed E-state index contributed by atoms with van der Waals surface area (Å²) in [5.74, 6) is -1.28. The van der Waals surface area contributed by atoms with Crippen LogP contribution in [0.4, 0.5) is 14.5 Å². The van der Waals surface area contributed by atoms with Crippen molar-refractivity contribution in [1.29, 1.82) is 0 Å². The van der Waals surface area contributed by atoms with E-state index in [-0.39, 0.29) is 34.8 Å². The molecule has 2 fully saturated rings. The zero-order chi connectivity index (χ0) is 22.0. The van der Waals surface area contributed by atoms with Crippen molar-refractivity contribution in [3.63, 3.8) is 0 Å². The van der Waals surface area contributed by atoms with Crippen LogP contribution in [0.15, 0.2) is 10.9 Å². The number of rotatable bonds is 6. The van der Waals surface area contributed by atoms with Crippen molar-refractivity contribution >= 4 is 28.4 Å². The number of fused-ring (bicyclic) bond motifs is 1. The van der Waals surface area contributed by atoms with Gasteiger partial charge in [0, 0.05) is 18.4 Å². The monoisotopic (exact) mass is 453 g/mol. The fourth-order valence-electron chi connectivity index (χ4n) is 4.53. The number of nitrogens with one attached hydrogen (secondary N) is 2. The number of nitrogens with zero attached hydrogens (tertiary/aromatic N) is 1. The first-order chi connectivity index (χ1) is 14.9. The molecule has 0 unspecified atom stereocenters. The van der Waals surface area contributed by atoms with E-state index in [1.807, 2.05) is 0 Å². The van der Waals surface area contributed by atoms with Crippen molar-refractivity contribution in [2.75, 3.05) is 12.4 Å². The van der Waals surface area contributed by atoms with E-state index < -0.39 is 17.2 Å². The van der Waals surface area contributed by atoms with E-state index in [0.29, 0.717) is 16.8 Å². The predicted octanol–water partition coefficient (Wildman–Crippen LogP) is 4.11. The molecule has 31 heavy (non-hydrogen) atoms. The molecule has 0 saturated heterocycles. The highest BCUT2D eigenvalue weighted by Crippen LogP contribution is 2.31. The highest BCUT2D eigenvalue weighted by molar-refractivity contribution is 7.99. The normalized spacial score (nSPS) is 26.8. The number of anilines is 1. The summed E-state index contributed by atoms with van der Waals surface area (Å²) in [4.78, 5) is 19.5. The van der Waals surface area contributed by atoms with Crippen molar-refractivity contribution in [3.05, 3.63) is 33.9 Å². The highest BCUT2D eigenvalue weighted by Gasteiger charge is 2.24. The Kier molecular flexibility index (Phi) is 7.13. The van der Waals surface area contributed by atoms with Gasteiger partial charge >= 0.3 is 0 Å². The molecule has 0 spiro atoms. The minimum absolute atomic E-state index is 0.0245. The minimum Gasteiger partial charge on any atom is -0.393 e. The van der Waals surface area contributed by atoms with Crippen LogP contribution < -0.4 is 10.9 Å². The number of aromatic amines is 1. The molecule has 1 heterocycles. The number of benzene rings is 1. The number of hydrogen-bond acceptors (Lipinski definition) is 6. The third kappa shape index (κ3) is 5.21. The fraction of sp³-hybridized carbons (Fsp3) is 0.636. The summed E-state index contributed by atoms with van der Waals surface area (Å²) in [5, 5.41) is 12.8. The lowest BCUT2D eigenvalue weighted by Crippen LogP contribution is -2.29. The molecule has 1 aromatic heterocycles. The zero-order valence-corrected chi connectivity index (χ0v) is 18.4. The number of H-pyrrole nitrogens is 1. The molecule has 2 saturated carbocycles. The maximum absolute atomic E-state index is 14.7. The molecule has 2 aliphatic rings. The number of aliphatic hydroxyl groups excluding tert-OH is 1. The molecular weight excluding hydrogens is 424 g/mol. The standard InChI is InChI=1S/C22H29F2N3O3S/c1-30-14-6-2-12(3-7-14)25-17-10-16-19(21(24)20(17)23)22(29)27-18(26-16)11-31-15-8-4-13(28)5-9-15/h10,12-15,25,28H,2-9,11H2,1H3,(H,26,27,29)/t12-,13-,14+,15-. The molecule has 170 valence electrons. The number of thioether (sulfide) groups is 1. The van der Waals surface area contributed by atoms with E-state index in [9.17, 15) is 18.7 Å². The average molecular weight is 454 g/mol. The van der Waals surface area contributed by atoms with Gasteiger partial charge in [-0.25, -0.2) is 13.8 Å². The zero-order valence-electron chi connectivity index (χ0n) is 17.6. The molecule has 0 radical (unpaired) electrons.